The number of rotatable bonds is 3. The first kappa shape index (κ1) is 11.1. The second-order valence-corrected chi connectivity index (χ2v) is 6.18. The van der Waals surface area contributed by atoms with Gasteiger partial charge < -0.3 is 11.1 Å². The van der Waals surface area contributed by atoms with Gasteiger partial charge in [-0.2, -0.15) is 4.98 Å². The summed E-state index contributed by atoms with van der Waals surface area (Å²) >= 11 is 0. The molecule has 0 amide bonds. The van der Waals surface area contributed by atoms with Crippen LogP contribution >= 0.6 is 0 Å². The lowest BCUT2D eigenvalue weighted by Gasteiger charge is -2.09. The van der Waals surface area contributed by atoms with Crippen LogP contribution in [0.15, 0.2) is 12.3 Å². The predicted molar refractivity (Wildman–Crippen MR) is 61.7 cm³/mol. The lowest BCUT2D eigenvalue weighted by atomic mass is 10.1. The van der Waals surface area contributed by atoms with Crippen molar-refractivity contribution in [3.05, 3.63) is 12.3 Å². The van der Waals surface area contributed by atoms with Crippen molar-refractivity contribution in [3.63, 3.8) is 0 Å². The number of hydrogen-bond donors (Lipinski definition) is 2. The quantitative estimate of drug-likeness (QED) is 0.768. The van der Waals surface area contributed by atoms with Crippen LogP contribution < -0.4 is 11.1 Å². The van der Waals surface area contributed by atoms with Gasteiger partial charge in [0.1, 0.15) is 5.82 Å². The Morgan fingerprint density at radius 1 is 1.56 bits per heavy atom. The Labute approximate surface area is 94.2 Å². The maximum Gasteiger partial charge on any atom is 0.224 e. The molecular weight excluding hydrogens is 228 g/mol. The van der Waals surface area contributed by atoms with Gasteiger partial charge in [-0.25, -0.2) is 13.4 Å². The fraction of sp³-hybridized carbons (Fsp3) is 0.556. The monoisotopic (exact) mass is 242 g/mol. The Morgan fingerprint density at radius 3 is 3.00 bits per heavy atom. The van der Waals surface area contributed by atoms with E-state index in [-0.39, 0.29) is 17.4 Å². The summed E-state index contributed by atoms with van der Waals surface area (Å²) in [5, 5.41) is 3.00. The van der Waals surface area contributed by atoms with Gasteiger partial charge in [0, 0.05) is 12.7 Å². The first-order valence-corrected chi connectivity index (χ1v) is 6.90. The number of hydrogen-bond acceptors (Lipinski definition) is 6. The Morgan fingerprint density at radius 2 is 2.38 bits per heavy atom. The molecule has 0 saturated carbocycles. The van der Waals surface area contributed by atoms with Gasteiger partial charge in [-0.05, 0) is 18.4 Å². The number of aromatic nitrogens is 2. The van der Waals surface area contributed by atoms with Crippen molar-refractivity contribution in [2.45, 2.75) is 6.42 Å². The highest BCUT2D eigenvalue weighted by atomic mass is 32.2. The number of nitrogens with two attached hydrogens (primary N) is 1. The molecule has 1 aromatic rings. The van der Waals surface area contributed by atoms with E-state index >= 15 is 0 Å². The van der Waals surface area contributed by atoms with E-state index < -0.39 is 9.84 Å². The zero-order valence-corrected chi connectivity index (χ0v) is 9.57. The van der Waals surface area contributed by atoms with E-state index in [9.17, 15) is 8.42 Å². The molecular formula is C9H14N4O2S. The van der Waals surface area contributed by atoms with Crippen LogP contribution in [0.2, 0.25) is 0 Å². The average molecular weight is 242 g/mol. The molecule has 3 N–H and O–H groups in total. The molecule has 7 heteroatoms. The molecule has 1 aliphatic heterocycles. The Bertz CT molecular complexity index is 474. The molecule has 0 aromatic carbocycles. The van der Waals surface area contributed by atoms with Crippen LogP contribution in [0.3, 0.4) is 0 Å². The van der Waals surface area contributed by atoms with E-state index in [1.54, 1.807) is 12.3 Å². The van der Waals surface area contributed by atoms with Gasteiger partial charge in [0.25, 0.3) is 0 Å². The van der Waals surface area contributed by atoms with Crippen LogP contribution in [0.25, 0.3) is 0 Å². The van der Waals surface area contributed by atoms with E-state index in [0.29, 0.717) is 24.7 Å². The zero-order valence-electron chi connectivity index (χ0n) is 8.76. The zero-order chi connectivity index (χ0) is 11.6. The number of anilines is 2. The summed E-state index contributed by atoms with van der Waals surface area (Å²) in [5.74, 6) is 1.54. The van der Waals surface area contributed by atoms with Crippen molar-refractivity contribution in [2.75, 3.05) is 29.1 Å². The summed E-state index contributed by atoms with van der Waals surface area (Å²) in [6.45, 7) is 0.572. The van der Waals surface area contributed by atoms with Gasteiger partial charge in [-0.15, -0.1) is 0 Å². The van der Waals surface area contributed by atoms with Gasteiger partial charge in [0.15, 0.2) is 9.84 Å². The predicted octanol–water partition coefficient (Wildman–Crippen LogP) is -0.0946. The highest BCUT2D eigenvalue weighted by molar-refractivity contribution is 7.91. The number of nitrogens with zero attached hydrogens (tertiary/aromatic N) is 2. The lowest BCUT2D eigenvalue weighted by Crippen LogP contribution is -2.17. The van der Waals surface area contributed by atoms with E-state index in [0.717, 1.165) is 0 Å². The van der Waals surface area contributed by atoms with Crippen LogP contribution in [0.4, 0.5) is 11.8 Å². The molecule has 0 radical (unpaired) electrons. The van der Waals surface area contributed by atoms with Gasteiger partial charge in [0.2, 0.25) is 5.95 Å². The molecule has 2 rings (SSSR count). The Balaban J connectivity index is 1.89. The summed E-state index contributed by atoms with van der Waals surface area (Å²) in [4.78, 5) is 7.96. The molecule has 1 unspecified atom stereocenters. The fourth-order valence-corrected chi connectivity index (χ4v) is 3.59. The summed E-state index contributed by atoms with van der Waals surface area (Å²) in [6, 6.07) is 1.60. The number of nitrogens with one attached hydrogen (secondary N) is 1. The molecule has 88 valence electrons. The van der Waals surface area contributed by atoms with Crippen LogP contribution in [0, 0.1) is 5.92 Å². The summed E-state index contributed by atoms with van der Waals surface area (Å²) in [5.41, 5.74) is 5.50. The van der Waals surface area contributed by atoms with E-state index in [2.05, 4.69) is 15.3 Å². The van der Waals surface area contributed by atoms with Crippen molar-refractivity contribution < 1.29 is 8.42 Å². The molecule has 0 spiro atoms. The molecule has 1 fully saturated rings. The van der Waals surface area contributed by atoms with Gasteiger partial charge in [0.05, 0.1) is 11.5 Å². The van der Waals surface area contributed by atoms with Crippen LogP contribution in [-0.2, 0) is 9.84 Å². The lowest BCUT2D eigenvalue weighted by molar-refractivity contribution is 0.595. The molecule has 6 nitrogen and oxygen atoms in total. The minimum absolute atomic E-state index is 0.148. The smallest absolute Gasteiger partial charge is 0.224 e. The van der Waals surface area contributed by atoms with Crippen LogP contribution in [0.5, 0.6) is 0 Å². The maximum absolute atomic E-state index is 11.2. The molecule has 1 saturated heterocycles. The number of nitrogen functional groups attached to an aromatic ring is 1. The molecule has 1 atom stereocenters. The summed E-state index contributed by atoms with van der Waals surface area (Å²) in [6.07, 6.45) is 2.27. The van der Waals surface area contributed by atoms with Gasteiger partial charge in [-0.3, -0.25) is 0 Å². The normalized spacial score (nSPS) is 23.1. The minimum atomic E-state index is -2.81. The molecule has 1 aromatic heterocycles. The second-order valence-electron chi connectivity index (χ2n) is 3.96. The Hall–Kier alpha value is -1.37. The maximum atomic E-state index is 11.2. The SMILES string of the molecule is Nc1ccnc(NCC2CCS(=O)(=O)C2)n1. The minimum Gasteiger partial charge on any atom is -0.384 e. The third kappa shape index (κ3) is 2.82. The fourth-order valence-electron chi connectivity index (χ4n) is 1.73. The molecule has 0 bridgehead atoms. The standard InChI is InChI=1S/C9H14N4O2S/c10-8-1-3-11-9(13-8)12-5-7-2-4-16(14,15)6-7/h1,3,7H,2,4-6H2,(H3,10,11,12,13). The first-order valence-electron chi connectivity index (χ1n) is 5.08. The van der Waals surface area contributed by atoms with Gasteiger partial charge >= 0.3 is 0 Å². The van der Waals surface area contributed by atoms with Crippen molar-refractivity contribution in [1.29, 1.82) is 0 Å². The van der Waals surface area contributed by atoms with Crippen molar-refractivity contribution in [3.8, 4) is 0 Å². The topological polar surface area (TPSA) is 98.0 Å². The van der Waals surface area contributed by atoms with Crippen LogP contribution in [-0.4, -0.2) is 36.4 Å². The third-order valence-corrected chi connectivity index (χ3v) is 4.39. The highest BCUT2D eigenvalue weighted by Gasteiger charge is 2.27. The van der Waals surface area contributed by atoms with Crippen molar-refractivity contribution >= 4 is 21.6 Å². The molecule has 16 heavy (non-hydrogen) atoms. The first-order chi connectivity index (χ1) is 7.55. The van der Waals surface area contributed by atoms with E-state index in [4.69, 9.17) is 5.73 Å². The number of sulfone groups is 1. The summed E-state index contributed by atoms with van der Waals surface area (Å²) < 4.78 is 22.5. The van der Waals surface area contributed by atoms with E-state index in [1.165, 1.54) is 0 Å². The van der Waals surface area contributed by atoms with E-state index in [1.807, 2.05) is 0 Å². The average Bonchev–Trinajstić information content (AvgIpc) is 2.56. The van der Waals surface area contributed by atoms with Crippen molar-refractivity contribution in [1.82, 2.24) is 9.97 Å². The highest BCUT2D eigenvalue weighted by Crippen LogP contribution is 2.18. The Kier molecular flexibility index (Phi) is 2.95. The van der Waals surface area contributed by atoms with Crippen molar-refractivity contribution in [2.24, 2.45) is 5.92 Å². The molecule has 1 aliphatic rings. The largest absolute Gasteiger partial charge is 0.384 e. The van der Waals surface area contributed by atoms with Gasteiger partial charge in [-0.1, -0.05) is 0 Å². The molecule has 2 heterocycles. The summed E-state index contributed by atoms with van der Waals surface area (Å²) in [7, 11) is -2.81. The third-order valence-electron chi connectivity index (χ3n) is 2.55. The molecule has 0 aliphatic carbocycles. The second kappa shape index (κ2) is 4.25. The van der Waals surface area contributed by atoms with Crippen LogP contribution in [0.1, 0.15) is 6.42 Å².